The first kappa shape index (κ1) is 12.6. The van der Waals surface area contributed by atoms with Gasteiger partial charge in [0.05, 0.1) is 17.1 Å². The molecule has 2 atom stereocenters. The van der Waals surface area contributed by atoms with Crippen molar-refractivity contribution in [3.05, 3.63) is 53.9 Å². The van der Waals surface area contributed by atoms with Gasteiger partial charge >= 0.3 is 0 Å². The van der Waals surface area contributed by atoms with E-state index in [1.165, 1.54) is 0 Å². The Kier molecular flexibility index (Phi) is 3.99. The van der Waals surface area contributed by atoms with E-state index in [9.17, 15) is 0 Å². The number of hydrogen-bond acceptors (Lipinski definition) is 4. The second-order valence-electron chi connectivity index (χ2n) is 4.39. The van der Waals surface area contributed by atoms with E-state index in [1.807, 2.05) is 31.3 Å². The van der Waals surface area contributed by atoms with E-state index < -0.39 is 0 Å². The van der Waals surface area contributed by atoms with Crippen molar-refractivity contribution >= 4 is 0 Å². The zero-order valence-corrected chi connectivity index (χ0v) is 11.0. The second kappa shape index (κ2) is 5.69. The Morgan fingerprint density at radius 2 is 1.72 bits per heavy atom. The normalized spacial score (nSPS) is 14.2. The molecule has 0 saturated carbocycles. The van der Waals surface area contributed by atoms with Gasteiger partial charge < -0.3 is 5.32 Å². The Hall–Kier alpha value is -1.81. The fourth-order valence-corrected chi connectivity index (χ4v) is 2.01. The van der Waals surface area contributed by atoms with Crippen molar-refractivity contribution in [2.75, 3.05) is 0 Å². The van der Waals surface area contributed by atoms with Crippen LogP contribution in [0.5, 0.6) is 0 Å². The van der Waals surface area contributed by atoms with Crippen molar-refractivity contribution in [2.24, 2.45) is 0 Å². The topological polar surface area (TPSA) is 50.7 Å². The standard InChI is InChI=1S/C14H18N4/c1-10(13-6-4-5-7-16-13)18-12(3)14-11(2)15-8-9-17-14/h4-10,12,18H,1-3H3/t10-,12?/m0/s1. The van der Waals surface area contributed by atoms with Gasteiger partial charge in [-0.05, 0) is 32.9 Å². The van der Waals surface area contributed by atoms with E-state index in [4.69, 9.17) is 0 Å². The fourth-order valence-electron chi connectivity index (χ4n) is 2.01. The highest BCUT2D eigenvalue weighted by Crippen LogP contribution is 2.17. The van der Waals surface area contributed by atoms with Gasteiger partial charge in [-0.15, -0.1) is 0 Å². The minimum Gasteiger partial charge on any atom is -0.301 e. The summed E-state index contributed by atoms with van der Waals surface area (Å²) in [5, 5.41) is 3.49. The molecule has 0 saturated heterocycles. The molecule has 0 bridgehead atoms. The fraction of sp³-hybridized carbons (Fsp3) is 0.357. The second-order valence-corrected chi connectivity index (χ2v) is 4.39. The average molecular weight is 242 g/mol. The Morgan fingerprint density at radius 1 is 0.944 bits per heavy atom. The maximum atomic E-state index is 4.38. The van der Waals surface area contributed by atoms with Gasteiger partial charge in [-0.3, -0.25) is 15.0 Å². The number of nitrogens with one attached hydrogen (secondary N) is 1. The van der Waals surface area contributed by atoms with Gasteiger partial charge in [0.25, 0.3) is 0 Å². The summed E-state index contributed by atoms with van der Waals surface area (Å²) in [5.74, 6) is 0. The van der Waals surface area contributed by atoms with Crippen LogP contribution in [0.1, 0.15) is 43.0 Å². The van der Waals surface area contributed by atoms with E-state index in [0.29, 0.717) is 0 Å². The number of nitrogens with zero attached hydrogens (tertiary/aromatic N) is 3. The predicted molar refractivity (Wildman–Crippen MR) is 71.0 cm³/mol. The van der Waals surface area contributed by atoms with Gasteiger partial charge in [0.1, 0.15) is 0 Å². The summed E-state index contributed by atoms with van der Waals surface area (Å²) in [5.41, 5.74) is 2.98. The Morgan fingerprint density at radius 3 is 2.39 bits per heavy atom. The number of pyridine rings is 1. The number of rotatable bonds is 4. The van der Waals surface area contributed by atoms with Gasteiger partial charge in [-0.1, -0.05) is 6.07 Å². The monoisotopic (exact) mass is 242 g/mol. The minimum absolute atomic E-state index is 0.149. The molecule has 0 aliphatic rings. The highest BCUT2D eigenvalue weighted by Gasteiger charge is 2.14. The number of aromatic nitrogens is 3. The van der Waals surface area contributed by atoms with E-state index in [0.717, 1.165) is 17.1 Å². The summed E-state index contributed by atoms with van der Waals surface area (Å²) in [7, 11) is 0. The first-order valence-electron chi connectivity index (χ1n) is 6.13. The smallest absolute Gasteiger partial charge is 0.0782 e. The minimum atomic E-state index is 0.149. The molecule has 2 rings (SSSR count). The maximum absolute atomic E-state index is 4.38. The molecule has 0 radical (unpaired) electrons. The molecule has 0 aliphatic carbocycles. The molecule has 0 aliphatic heterocycles. The lowest BCUT2D eigenvalue weighted by atomic mass is 10.1. The van der Waals surface area contributed by atoms with Crippen LogP contribution >= 0.6 is 0 Å². The summed E-state index contributed by atoms with van der Waals surface area (Å²) < 4.78 is 0. The molecule has 1 N–H and O–H groups in total. The molecule has 2 aromatic heterocycles. The van der Waals surface area contributed by atoms with E-state index >= 15 is 0 Å². The molecule has 0 spiro atoms. The molecule has 94 valence electrons. The van der Waals surface area contributed by atoms with Gasteiger partial charge in [0.2, 0.25) is 0 Å². The molecule has 4 nitrogen and oxygen atoms in total. The maximum Gasteiger partial charge on any atom is 0.0782 e. The van der Waals surface area contributed by atoms with Gasteiger partial charge in [-0.2, -0.15) is 0 Å². The Labute approximate surface area is 108 Å². The highest BCUT2D eigenvalue weighted by molar-refractivity contribution is 5.14. The average Bonchev–Trinajstić information content (AvgIpc) is 2.40. The molecular formula is C14H18N4. The number of hydrogen-bond donors (Lipinski definition) is 1. The van der Waals surface area contributed by atoms with Crippen LogP contribution in [-0.2, 0) is 0 Å². The SMILES string of the molecule is Cc1nccnc1C(C)N[C@@H](C)c1ccccn1. The molecular weight excluding hydrogens is 224 g/mol. The van der Waals surface area contributed by atoms with Crippen molar-refractivity contribution in [1.29, 1.82) is 0 Å². The van der Waals surface area contributed by atoms with Crippen molar-refractivity contribution in [3.63, 3.8) is 0 Å². The van der Waals surface area contributed by atoms with Crippen LogP contribution < -0.4 is 5.32 Å². The quantitative estimate of drug-likeness (QED) is 0.895. The first-order chi connectivity index (χ1) is 8.68. The largest absolute Gasteiger partial charge is 0.301 e. The Bertz CT molecular complexity index is 498. The van der Waals surface area contributed by atoms with Gasteiger partial charge in [-0.25, -0.2) is 0 Å². The summed E-state index contributed by atoms with van der Waals surface area (Å²) in [4.78, 5) is 13.0. The van der Waals surface area contributed by atoms with Gasteiger partial charge in [0, 0.05) is 30.7 Å². The van der Waals surface area contributed by atoms with Crippen molar-refractivity contribution in [2.45, 2.75) is 32.9 Å². The molecule has 0 amide bonds. The highest BCUT2D eigenvalue weighted by atomic mass is 15.0. The molecule has 0 aromatic carbocycles. The summed E-state index contributed by atoms with van der Waals surface area (Å²) in [6.07, 6.45) is 5.26. The Balaban J connectivity index is 2.08. The van der Waals surface area contributed by atoms with Crippen LogP contribution in [0.15, 0.2) is 36.8 Å². The summed E-state index contributed by atoms with van der Waals surface area (Å²) in [6, 6.07) is 6.28. The van der Waals surface area contributed by atoms with Gasteiger partial charge in [0.15, 0.2) is 0 Å². The van der Waals surface area contributed by atoms with Crippen LogP contribution in [-0.4, -0.2) is 15.0 Å². The zero-order chi connectivity index (χ0) is 13.0. The molecule has 4 heteroatoms. The third kappa shape index (κ3) is 2.90. The van der Waals surface area contributed by atoms with E-state index in [-0.39, 0.29) is 12.1 Å². The molecule has 2 heterocycles. The van der Waals surface area contributed by atoms with E-state index in [1.54, 1.807) is 12.4 Å². The van der Waals surface area contributed by atoms with Crippen LogP contribution in [0.4, 0.5) is 0 Å². The number of aryl methyl sites for hydroxylation is 1. The third-order valence-corrected chi connectivity index (χ3v) is 2.96. The lowest BCUT2D eigenvalue weighted by Gasteiger charge is -2.20. The first-order valence-corrected chi connectivity index (χ1v) is 6.13. The van der Waals surface area contributed by atoms with E-state index in [2.05, 4.69) is 34.1 Å². The third-order valence-electron chi connectivity index (χ3n) is 2.96. The molecule has 1 unspecified atom stereocenters. The van der Waals surface area contributed by atoms with Crippen LogP contribution in [0, 0.1) is 6.92 Å². The predicted octanol–water partition coefficient (Wildman–Crippen LogP) is 2.59. The van der Waals surface area contributed by atoms with Crippen molar-refractivity contribution in [3.8, 4) is 0 Å². The molecule has 2 aromatic rings. The van der Waals surface area contributed by atoms with Crippen LogP contribution in [0.25, 0.3) is 0 Å². The molecule has 18 heavy (non-hydrogen) atoms. The van der Waals surface area contributed by atoms with Crippen LogP contribution in [0.3, 0.4) is 0 Å². The lowest BCUT2D eigenvalue weighted by molar-refractivity contribution is 0.475. The summed E-state index contributed by atoms with van der Waals surface area (Å²) >= 11 is 0. The summed E-state index contributed by atoms with van der Waals surface area (Å²) in [6.45, 7) is 6.17. The van der Waals surface area contributed by atoms with Crippen LogP contribution in [0.2, 0.25) is 0 Å². The zero-order valence-electron chi connectivity index (χ0n) is 11.0. The van der Waals surface area contributed by atoms with Crippen molar-refractivity contribution in [1.82, 2.24) is 20.3 Å². The molecule has 0 fully saturated rings. The van der Waals surface area contributed by atoms with Crippen molar-refractivity contribution < 1.29 is 0 Å². The lowest BCUT2D eigenvalue weighted by Crippen LogP contribution is -2.24.